The van der Waals surface area contributed by atoms with E-state index in [1.165, 1.54) is 5.56 Å². The third-order valence-electron chi connectivity index (χ3n) is 6.49. The third kappa shape index (κ3) is 4.88. The van der Waals surface area contributed by atoms with Crippen LogP contribution in [0.25, 0.3) is 0 Å². The second-order valence-electron chi connectivity index (χ2n) is 8.62. The van der Waals surface area contributed by atoms with Crippen LogP contribution in [0.1, 0.15) is 36.8 Å². The van der Waals surface area contributed by atoms with Gasteiger partial charge in [-0.05, 0) is 36.1 Å². The van der Waals surface area contributed by atoms with Crippen molar-refractivity contribution in [2.45, 2.75) is 37.7 Å². The van der Waals surface area contributed by atoms with Gasteiger partial charge < -0.3 is 15.0 Å². The summed E-state index contributed by atoms with van der Waals surface area (Å²) >= 11 is 6.11. The monoisotopic (exact) mass is 426 g/mol. The molecule has 1 saturated carbocycles. The fraction of sp³-hybridized carbons (Fsp3) is 0.480. The van der Waals surface area contributed by atoms with Crippen LogP contribution < -0.4 is 5.32 Å². The summed E-state index contributed by atoms with van der Waals surface area (Å²) in [5.74, 6) is 0.572. The van der Waals surface area contributed by atoms with Crippen LogP contribution in [-0.4, -0.2) is 43.6 Å². The summed E-state index contributed by atoms with van der Waals surface area (Å²) in [6.45, 7) is 4.48. The van der Waals surface area contributed by atoms with Gasteiger partial charge in [-0.1, -0.05) is 66.9 Å². The van der Waals surface area contributed by atoms with Gasteiger partial charge in [0.05, 0.1) is 18.6 Å². The van der Waals surface area contributed by atoms with Gasteiger partial charge in [0.15, 0.2) is 0 Å². The smallest absolute Gasteiger partial charge is 0.233 e. The van der Waals surface area contributed by atoms with Gasteiger partial charge >= 0.3 is 0 Å². The van der Waals surface area contributed by atoms with Gasteiger partial charge in [-0.15, -0.1) is 0 Å². The highest BCUT2D eigenvalue weighted by Gasteiger charge is 2.45. The molecule has 0 spiro atoms. The zero-order chi connectivity index (χ0) is 20.8. The number of carbonyl (C=O) groups excluding carboxylic acids is 1. The van der Waals surface area contributed by atoms with Crippen molar-refractivity contribution in [3.63, 3.8) is 0 Å². The van der Waals surface area contributed by atoms with Crippen molar-refractivity contribution in [2.75, 3.05) is 32.8 Å². The summed E-state index contributed by atoms with van der Waals surface area (Å²) in [5, 5.41) is 4.21. The fourth-order valence-corrected chi connectivity index (χ4v) is 5.00. The molecule has 160 valence electrons. The van der Waals surface area contributed by atoms with E-state index in [0.29, 0.717) is 24.2 Å². The molecule has 1 aliphatic carbocycles. The number of carbonyl (C=O) groups is 1. The van der Waals surface area contributed by atoms with E-state index in [0.717, 1.165) is 57.4 Å². The average molecular weight is 427 g/mol. The molecular weight excluding hydrogens is 396 g/mol. The minimum absolute atomic E-state index is 0.277. The quantitative estimate of drug-likeness (QED) is 0.743. The van der Waals surface area contributed by atoms with Gasteiger partial charge in [-0.3, -0.25) is 4.79 Å². The summed E-state index contributed by atoms with van der Waals surface area (Å²) in [7, 11) is 0. The Morgan fingerprint density at radius 3 is 2.57 bits per heavy atom. The molecule has 1 N–H and O–H groups in total. The largest absolute Gasteiger partial charge is 0.376 e. The van der Waals surface area contributed by atoms with Crippen molar-refractivity contribution in [1.82, 2.24) is 10.2 Å². The van der Waals surface area contributed by atoms with Crippen LogP contribution in [0.2, 0.25) is 5.02 Å². The Kier molecular flexibility index (Phi) is 7.08. The number of nitrogens with one attached hydrogen (secondary N) is 1. The van der Waals surface area contributed by atoms with Crippen LogP contribution in [0.15, 0.2) is 54.6 Å². The first-order valence-electron chi connectivity index (χ1n) is 11.1. The fourth-order valence-electron chi connectivity index (χ4n) is 4.88. The number of ether oxygens (including phenoxy) is 1. The molecule has 0 bridgehead atoms. The summed E-state index contributed by atoms with van der Waals surface area (Å²) in [5.41, 5.74) is 1.90. The Hall–Kier alpha value is -1.88. The molecule has 1 aliphatic heterocycles. The van der Waals surface area contributed by atoms with Gasteiger partial charge in [0.2, 0.25) is 5.91 Å². The summed E-state index contributed by atoms with van der Waals surface area (Å²) < 4.78 is 6.00. The maximum absolute atomic E-state index is 13.8. The van der Waals surface area contributed by atoms with Crippen molar-refractivity contribution in [3.05, 3.63) is 70.7 Å². The molecule has 30 heavy (non-hydrogen) atoms. The standard InChI is InChI=1S/C25H31ClN2O2/c26-23-10-8-22(9-11-23)25(12-4-5-13-25)24(29)28-15-14-27-16-21(17-28)19-30-18-20-6-2-1-3-7-20/h1-3,6-11,21,27H,4-5,12-19H2/t21-/m0/s1. The number of hydrogen-bond donors (Lipinski definition) is 1. The van der Waals surface area contributed by atoms with E-state index in [2.05, 4.69) is 22.3 Å². The molecule has 2 aromatic rings. The van der Waals surface area contributed by atoms with Crippen molar-refractivity contribution in [2.24, 2.45) is 5.92 Å². The van der Waals surface area contributed by atoms with Crippen molar-refractivity contribution in [3.8, 4) is 0 Å². The lowest BCUT2D eigenvalue weighted by Gasteiger charge is -2.35. The van der Waals surface area contributed by atoms with Crippen LogP contribution >= 0.6 is 11.6 Å². The number of benzene rings is 2. The summed E-state index contributed by atoms with van der Waals surface area (Å²) in [6.07, 6.45) is 4.05. The van der Waals surface area contributed by atoms with E-state index >= 15 is 0 Å². The Bertz CT molecular complexity index is 819. The molecule has 1 heterocycles. The van der Waals surface area contributed by atoms with Gasteiger partial charge in [-0.25, -0.2) is 0 Å². The first-order valence-corrected chi connectivity index (χ1v) is 11.4. The van der Waals surface area contributed by atoms with E-state index in [-0.39, 0.29) is 5.91 Å². The van der Waals surface area contributed by atoms with Crippen LogP contribution in [0.4, 0.5) is 0 Å². The highest BCUT2D eigenvalue weighted by atomic mass is 35.5. The van der Waals surface area contributed by atoms with E-state index in [4.69, 9.17) is 16.3 Å². The summed E-state index contributed by atoms with van der Waals surface area (Å²) in [4.78, 5) is 15.9. The lowest BCUT2D eigenvalue weighted by Crippen LogP contribution is -2.48. The van der Waals surface area contributed by atoms with Crippen LogP contribution in [0, 0.1) is 5.92 Å². The van der Waals surface area contributed by atoms with Crippen molar-refractivity contribution >= 4 is 17.5 Å². The van der Waals surface area contributed by atoms with Crippen LogP contribution in [0.5, 0.6) is 0 Å². The number of rotatable bonds is 6. The molecule has 4 rings (SSSR count). The van der Waals surface area contributed by atoms with Crippen molar-refractivity contribution in [1.29, 1.82) is 0 Å². The molecule has 4 nitrogen and oxygen atoms in total. The first-order chi connectivity index (χ1) is 14.7. The number of amides is 1. The Labute approximate surface area is 184 Å². The second-order valence-corrected chi connectivity index (χ2v) is 9.05. The Balaban J connectivity index is 1.43. The zero-order valence-corrected chi connectivity index (χ0v) is 18.2. The Morgan fingerprint density at radius 2 is 1.83 bits per heavy atom. The molecule has 1 amide bonds. The van der Waals surface area contributed by atoms with Crippen molar-refractivity contribution < 1.29 is 9.53 Å². The summed E-state index contributed by atoms with van der Waals surface area (Å²) in [6, 6.07) is 18.2. The van der Waals surface area contributed by atoms with E-state index in [1.54, 1.807) is 0 Å². The molecule has 5 heteroatoms. The minimum Gasteiger partial charge on any atom is -0.376 e. The molecule has 2 aromatic carbocycles. The van der Waals surface area contributed by atoms with Gasteiger partial charge in [0, 0.05) is 37.1 Å². The lowest BCUT2D eigenvalue weighted by molar-refractivity contribution is -0.138. The predicted octanol–water partition coefficient (Wildman–Crippen LogP) is 4.42. The Morgan fingerprint density at radius 1 is 1.10 bits per heavy atom. The van der Waals surface area contributed by atoms with E-state index in [1.807, 2.05) is 42.5 Å². The number of nitrogens with zero attached hydrogens (tertiary/aromatic N) is 1. The maximum atomic E-state index is 13.8. The second kappa shape index (κ2) is 9.95. The number of halogens is 1. The topological polar surface area (TPSA) is 41.6 Å². The molecule has 2 aliphatic rings. The highest BCUT2D eigenvalue weighted by Crippen LogP contribution is 2.43. The zero-order valence-electron chi connectivity index (χ0n) is 17.5. The lowest BCUT2D eigenvalue weighted by atomic mass is 9.77. The van der Waals surface area contributed by atoms with E-state index < -0.39 is 5.41 Å². The maximum Gasteiger partial charge on any atom is 0.233 e. The third-order valence-corrected chi connectivity index (χ3v) is 6.74. The number of hydrogen-bond acceptors (Lipinski definition) is 3. The highest BCUT2D eigenvalue weighted by molar-refractivity contribution is 6.30. The van der Waals surface area contributed by atoms with E-state index in [9.17, 15) is 4.79 Å². The molecule has 2 fully saturated rings. The molecule has 1 saturated heterocycles. The average Bonchev–Trinajstić information content (AvgIpc) is 3.15. The molecule has 0 radical (unpaired) electrons. The SMILES string of the molecule is O=C(N1CCNC[C@H](COCc2ccccc2)C1)C1(c2ccc(Cl)cc2)CCCC1. The first kappa shape index (κ1) is 21.4. The van der Waals surface area contributed by atoms with Crippen LogP contribution in [-0.2, 0) is 21.6 Å². The van der Waals surface area contributed by atoms with Gasteiger partial charge in [0.25, 0.3) is 0 Å². The van der Waals surface area contributed by atoms with Gasteiger partial charge in [-0.2, -0.15) is 0 Å². The molecule has 0 aromatic heterocycles. The normalized spacial score (nSPS) is 21.4. The molecule has 1 atom stereocenters. The van der Waals surface area contributed by atoms with Crippen LogP contribution in [0.3, 0.4) is 0 Å². The predicted molar refractivity (Wildman–Crippen MR) is 121 cm³/mol. The van der Waals surface area contributed by atoms with Gasteiger partial charge in [0.1, 0.15) is 0 Å². The minimum atomic E-state index is -0.398. The molecular formula is C25H31ClN2O2. The molecule has 0 unspecified atom stereocenters.